The van der Waals surface area contributed by atoms with E-state index in [0.29, 0.717) is 5.82 Å². The summed E-state index contributed by atoms with van der Waals surface area (Å²) in [5.74, 6) is 1.48. The number of halogens is 2. The summed E-state index contributed by atoms with van der Waals surface area (Å²) in [5, 5.41) is 3.38. The molecule has 2 rings (SSSR count). The van der Waals surface area contributed by atoms with Crippen LogP contribution in [0.1, 0.15) is 18.8 Å². The number of aromatic nitrogens is 4. The Morgan fingerprint density at radius 3 is 3.00 bits per heavy atom. The first kappa shape index (κ1) is 11.3. The Morgan fingerprint density at radius 1 is 1.50 bits per heavy atom. The van der Waals surface area contributed by atoms with Crippen molar-refractivity contribution in [3.63, 3.8) is 0 Å². The van der Waals surface area contributed by atoms with Crippen LogP contribution in [0.15, 0.2) is 23.1 Å². The lowest BCUT2D eigenvalue weighted by Crippen LogP contribution is -2.10. The summed E-state index contributed by atoms with van der Waals surface area (Å²) in [7, 11) is 0. The quantitative estimate of drug-likeness (QED) is 0.856. The lowest BCUT2D eigenvalue weighted by Gasteiger charge is -2.13. The summed E-state index contributed by atoms with van der Waals surface area (Å²) in [4.78, 5) is 15.1. The van der Waals surface area contributed by atoms with Crippen molar-refractivity contribution in [3.8, 4) is 0 Å². The van der Waals surface area contributed by atoms with Gasteiger partial charge in [0.1, 0.15) is 11.6 Å². The molecule has 0 aliphatic heterocycles. The molecule has 0 amide bonds. The highest BCUT2D eigenvalue weighted by atomic mass is 79.9. The first-order valence-corrected chi connectivity index (χ1v) is 5.78. The van der Waals surface area contributed by atoms with Crippen LogP contribution in [-0.2, 0) is 0 Å². The number of rotatable bonds is 3. The Morgan fingerprint density at radius 2 is 2.31 bits per heavy atom. The minimum absolute atomic E-state index is 0.0114. The van der Waals surface area contributed by atoms with Crippen LogP contribution in [0.4, 0.5) is 5.82 Å². The van der Waals surface area contributed by atoms with Crippen LogP contribution in [0, 0.1) is 0 Å². The Labute approximate surface area is 106 Å². The predicted octanol–water partition coefficient (Wildman–Crippen LogP) is 2.79. The molecule has 0 radical (unpaired) electrons. The third-order valence-electron chi connectivity index (χ3n) is 2.00. The van der Waals surface area contributed by atoms with Gasteiger partial charge in [0.05, 0.1) is 10.5 Å². The lowest BCUT2D eigenvalue weighted by atomic mass is 10.3. The number of nitrogens with zero attached hydrogens (tertiary/aromatic N) is 3. The van der Waals surface area contributed by atoms with Crippen molar-refractivity contribution < 1.29 is 0 Å². The molecule has 0 aliphatic carbocycles. The maximum atomic E-state index is 5.72. The molecule has 0 bridgehead atoms. The van der Waals surface area contributed by atoms with Gasteiger partial charge in [-0.25, -0.2) is 9.97 Å². The summed E-state index contributed by atoms with van der Waals surface area (Å²) in [6.07, 6.45) is 5.08. The molecule has 2 aromatic rings. The van der Waals surface area contributed by atoms with Gasteiger partial charge in [0, 0.05) is 18.6 Å². The predicted molar refractivity (Wildman–Crippen MR) is 65.4 cm³/mol. The van der Waals surface area contributed by atoms with E-state index in [1.807, 2.05) is 6.92 Å². The molecule has 0 fully saturated rings. The van der Waals surface area contributed by atoms with Crippen molar-refractivity contribution in [1.82, 2.24) is 19.9 Å². The van der Waals surface area contributed by atoms with Crippen LogP contribution in [0.2, 0.25) is 5.28 Å². The Bertz CT molecular complexity index is 473. The van der Waals surface area contributed by atoms with E-state index in [1.165, 1.54) is 0 Å². The number of anilines is 1. The molecular weight excluding hydrogens is 293 g/mol. The largest absolute Gasteiger partial charge is 0.359 e. The van der Waals surface area contributed by atoms with Gasteiger partial charge in [0.15, 0.2) is 0 Å². The molecule has 0 spiro atoms. The number of nitrogens with one attached hydrogen (secondary N) is 2. The van der Waals surface area contributed by atoms with Crippen molar-refractivity contribution in [2.45, 2.75) is 13.0 Å². The second kappa shape index (κ2) is 4.80. The van der Waals surface area contributed by atoms with E-state index in [1.54, 1.807) is 18.6 Å². The fourth-order valence-corrected chi connectivity index (χ4v) is 1.67. The Hall–Kier alpha value is -1.14. The van der Waals surface area contributed by atoms with Crippen molar-refractivity contribution in [2.24, 2.45) is 0 Å². The van der Waals surface area contributed by atoms with Gasteiger partial charge in [-0.2, -0.15) is 4.98 Å². The van der Waals surface area contributed by atoms with Gasteiger partial charge in [0.2, 0.25) is 5.28 Å². The van der Waals surface area contributed by atoms with E-state index in [9.17, 15) is 0 Å². The second-order valence-electron chi connectivity index (χ2n) is 3.18. The maximum Gasteiger partial charge on any atom is 0.224 e. The van der Waals surface area contributed by atoms with E-state index in [-0.39, 0.29) is 11.3 Å². The topological polar surface area (TPSA) is 66.5 Å². The minimum Gasteiger partial charge on any atom is -0.359 e. The standard InChI is InChI=1S/C9H9BrClN5/c1-5(7-12-2-3-13-7)15-8-6(10)4-14-9(11)16-8/h2-5H,1H3,(H,12,13)(H,14,15,16). The molecule has 0 saturated carbocycles. The van der Waals surface area contributed by atoms with E-state index < -0.39 is 0 Å². The molecule has 0 aliphatic rings. The first-order valence-electron chi connectivity index (χ1n) is 4.60. The van der Waals surface area contributed by atoms with E-state index >= 15 is 0 Å². The fraction of sp³-hybridized carbons (Fsp3) is 0.222. The van der Waals surface area contributed by atoms with Crippen molar-refractivity contribution in [2.75, 3.05) is 5.32 Å². The minimum atomic E-state index is 0.0114. The third-order valence-corrected chi connectivity index (χ3v) is 2.76. The molecule has 5 nitrogen and oxygen atoms in total. The third kappa shape index (κ3) is 2.51. The van der Waals surface area contributed by atoms with Gasteiger partial charge in [-0.15, -0.1) is 0 Å². The van der Waals surface area contributed by atoms with Crippen LogP contribution in [-0.4, -0.2) is 19.9 Å². The molecule has 7 heteroatoms. The van der Waals surface area contributed by atoms with Crippen LogP contribution < -0.4 is 5.32 Å². The average Bonchev–Trinajstić information content (AvgIpc) is 2.76. The Balaban J connectivity index is 2.17. The van der Waals surface area contributed by atoms with Gasteiger partial charge < -0.3 is 10.3 Å². The van der Waals surface area contributed by atoms with Gasteiger partial charge in [0.25, 0.3) is 0 Å². The van der Waals surface area contributed by atoms with Crippen molar-refractivity contribution in [1.29, 1.82) is 0 Å². The summed E-state index contributed by atoms with van der Waals surface area (Å²) < 4.78 is 0.760. The summed E-state index contributed by atoms with van der Waals surface area (Å²) in [6.45, 7) is 1.97. The molecule has 0 aromatic carbocycles. The molecule has 16 heavy (non-hydrogen) atoms. The monoisotopic (exact) mass is 301 g/mol. The fourth-order valence-electron chi connectivity index (χ4n) is 1.23. The summed E-state index contributed by atoms with van der Waals surface area (Å²) in [5.41, 5.74) is 0. The average molecular weight is 303 g/mol. The maximum absolute atomic E-state index is 5.72. The summed E-state index contributed by atoms with van der Waals surface area (Å²) in [6, 6.07) is 0.0114. The number of imidazole rings is 1. The van der Waals surface area contributed by atoms with Crippen molar-refractivity contribution in [3.05, 3.63) is 34.2 Å². The van der Waals surface area contributed by atoms with Gasteiger partial charge in [-0.1, -0.05) is 0 Å². The molecule has 2 heterocycles. The molecular formula is C9H9BrClN5. The number of hydrogen-bond acceptors (Lipinski definition) is 4. The number of aromatic amines is 1. The summed E-state index contributed by atoms with van der Waals surface area (Å²) >= 11 is 9.06. The van der Waals surface area contributed by atoms with Crippen LogP contribution in [0.3, 0.4) is 0 Å². The van der Waals surface area contributed by atoms with Crippen LogP contribution >= 0.6 is 27.5 Å². The Kier molecular flexibility index (Phi) is 3.40. The molecule has 2 aromatic heterocycles. The van der Waals surface area contributed by atoms with Gasteiger partial charge in [-0.05, 0) is 34.5 Å². The molecule has 84 valence electrons. The van der Waals surface area contributed by atoms with E-state index in [2.05, 4.69) is 41.2 Å². The molecule has 1 unspecified atom stereocenters. The smallest absolute Gasteiger partial charge is 0.224 e. The number of H-pyrrole nitrogens is 1. The zero-order chi connectivity index (χ0) is 11.5. The van der Waals surface area contributed by atoms with Gasteiger partial charge >= 0.3 is 0 Å². The zero-order valence-corrected chi connectivity index (χ0v) is 10.7. The van der Waals surface area contributed by atoms with E-state index in [4.69, 9.17) is 11.6 Å². The SMILES string of the molecule is CC(Nc1nc(Cl)ncc1Br)c1ncc[nH]1. The second-order valence-corrected chi connectivity index (χ2v) is 4.37. The van der Waals surface area contributed by atoms with E-state index in [0.717, 1.165) is 10.3 Å². The lowest BCUT2D eigenvalue weighted by molar-refractivity contribution is 0.801. The highest BCUT2D eigenvalue weighted by Crippen LogP contribution is 2.23. The highest BCUT2D eigenvalue weighted by Gasteiger charge is 2.11. The molecule has 0 saturated heterocycles. The number of hydrogen-bond donors (Lipinski definition) is 2. The van der Waals surface area contributed by atoms with Gasteiger partial charge in [-0.3, -0.25) is 0 Å². The van der Waals surface area contributed by atoms with Crippen LogP contribution in [0.25, 0.3) is 0 Å². The molecule has 1 atom stereocenters. The highest BCUT2D eigenvalue weighted by molar-refractivity contribution is 9.10. The molecule has 2 N–H and O–H groups in total. The normalized spacial score (nSPS) is 12.4. The van der Waals surface area contributed by atoms with Crippen molar-refractivity contribution >= 4 is 33.3 Å². The van der Waals surface area contributed by atoms with Crippen LogP contribution in [0.5, 0.6) is 0 Å². The zero-order valence-electron chi connectivity index (χ0n) is 8.41. The first-order chi connectivity index (χ1) is 7.66.